The van der Waals surface area contributed by atoms with Gasteiger partial charge in [-0.05, 0) is 38.2 Å². The molecule has 0 saturated heterocycles. The fraction of sp³-hybridized carbons (Fsp3) is 0.364. The number of likely N-dealkylation sites (N-methyl/N-ethyl adjacent to an activating group) is 1. The lowest BCUT2D eigenvalue weighted by atomic mass is 10.1. The van der Waals surface area contributed by atoms with Gasteiger partial charge in [0.15, 0.2) is 0 Å². The zero-order valence-electron chi connectivity index (χ0n) is 9.03. The largest absolute Gasteiger partial charge is 0.507 e. The van der Waals surface area contributed by atoms with Gasteiger partial charge in [0.2, 0.25) is 0 Å². The second-order valence-electron chi connectivity index (χ2n) is 3.77. The predicted octanol–water partition coefficient (Wildman–Crippen LogP) is 0.595. The molecule has 1 amide bonds. The van der Waals surface area contributed by atoms with E-state index in [2.05, 4.69) is 4.90 Å². The SMILES string of the molecule is CN(C)CCc1ccc(O)c(C(N)=O)c1. The van der Waals surface area contributed by atoms with Crippen molar-refractivity contribution < 1.29 is 9.90 Å². The Kier molecular flexibility index (Phi) is 3.68. The van der Waals surface area contributed by atoms with E-state index in [1.165, 1.54) is 6.07 Å². The standard InChI is InChI=1S/C11H16N2O2/c1-13(2)6-5-8-3-4-10(14)9(7-8)11(12)15/h3-4,7,14H,5-6H2,1-2H3,(H2,12,15). The van der Waals surface area contributed by atoms with E-state index in [-0.39, 0.29) is 11.3 Å². The number of amides is 1. The van der Waals surface area contributed by atoms with Gasteiger partial charge < -0.3 is 15.7 Å². The first-order valence-electron chi connectivity index (χ1n) is 4.77. The molecule has 0 spiro atoms. The van der Waals surface area contributed by atoms with Crippen LogP contribution in [0, 0.1) is 0 Å². The predicted molar refractivity (Wildman–Crippen MR) is 58.9 cm³/mol. The smallest absolute Gasteiger partial charge is 0.252 e. The summed E-state index contributed by atoms with van der Waals surface area (Å²) in [5, 5.41) is 9.37. The third kappa shape index (κ3) is 3.25. The van der Waals surface area contributed by atoms with Crippen LogP contribution in [0.2, 0.25) is 0 Å². The molecule has 15 heavy (non-hydrogen) atoms. The number of rotatable bonds is 4. The van der Waals surface area contributed by atoms with Gasteiger partial charge in [0, 0.05) is 6.54 Å². The van der Waals surface area contributed by atoms with Crippen LogP contribution in [0.1, 0.15) is 15.9 Å². The zero-order valence-corrected chi connectivity index (χ0v) is 9.03. The number of aromatic hydroxyl groups is 1. The van der Waals surface area contributed by atoms with Gasteiger partial charge in [0.1, 0.15) is 5.75 Å². The molecule has 0 fully saturated rings. The molecule has 4 nitrogen and oxygen atoms in total. The molecule has 1 aromatic rings. The van der Waals surface area contributed by atoms with E-state index in [0.717, 1.165) is 18.5 Å². The molecular weight excluding hydrogens is 192 g/mol. The first kappa shape index (κ1) is 11.5. The Morgan fingerprint density at radius 1 is 1.47 bits per heavy atom. The molecular formula is C11H16N2O2. The van der Waals surface area contributed by atoms with Gasteiger partial charge in [-0.2, -0.15) is 0 Å². The third-order valence-corrected chi connectivity index (χ3v) is 2.17. The number of hydrogen-bond acceptors (Lipinski definition) is 3. The maximum absolute atomic E-state index is 11.0. The van der Waals surface area contributed by atoms with Gasteiger partial charge >= 0.3 is 0 Å². The third-order valence-electron chi connectivity index (χ3n) is 2.17. The molecule has 3 N–H and O–H groups in total. The number of carbonyl (C=O) groups excluding carboxylic acids is 1. The Morgan fingerprint density at radius 3 is 2.67 bits per heavy atom. The molecule has 0 aliphatic heterocycles. The van der Waals surface area contributed by atoms with Crippen molar-refractivity contribution in [1.29, 1.82) is 0 Å². The second kappa shape index (κ2) is 4.79. The summed E-state index contributed by atoms with van der Waals surface area (Å²) in [4.78, 5) is 13.0. The number of nitrogens with zero attached hydrogens (tertiary/aromatic N) is 1. The Morgan fingerprint density at radius 2 is 2.13 bits per heavy atom. The van der Waals surface area contributed by atoms with Crippen LogP contribution in [0.15, 0.2) is 18.2 Å². The molecule has 0 bridgehead atoms. The lowest BCUT2D eigenvalue weighted by Gasteiger charge is -2.10. The van der Waals surface area contributed by atoms with Gasteiger partial charge in [0.05, 0.1) is 5.56 Å². The molecule has 1 rings (SSSR count). The Balaban J connectivity index is 2.83. The highest BCUT2D eigenvalue weighted by molar-refractivity contribution is 5.95. The molecule has 0 unspecified atom stereocenters. The minimum Gasteiger partial charge on any atom is -0.507 e. The molecule has 0 heterocycles. The minimum atomic E-state index is -0.598. The van der Waals surface area contributed by atoms with Crippen molar-refractivity contribution in [3.05, 3.63) is 29.3 Å². The summed E-state index contributed by atoms with van der Waals surface area (Å²) in [6.07, 6.45) is 0.827. The average Bonchev–Trinajstić information content (AvgIpc) is 2.16. The van der Waals surface area contributed by atoms with E-state index in [4.69, 9.17) is 5.73 Å². The van der Waals surface area contributed by atoms with Crippen LogP contribution in [0.3, 0.4) is 0 Å². The van der Waals surface area contributed by atoms with Crippen LogP contribution < -0.4 is 5.73 Å². The van der Waals surface area contributed by atoms with E-state index in [1.54, 1.807) is 12.1 Å². The van der Waals surface area contributed by atoms with Crippen molar-refractivity contribution in [1.82, 2.24) is 4.90 Å². The first-order valence-corrected chi connectivity index (χ1v) is 4.77. The fourth-order valence-electron chi connectivity index (χ4n) is 1.29. The van der Waals surface area contributed by atoms with Gasteiger partial charge in [-0.1, -0.05) is 6.07 Å². The van der Waals surface area contributed by atoms with Crippen molar-refractivity contribution in [3.63, 3.8) is 0 Å². The van der Waals surface area contributed by atoms with Gasteiger partial charge in [-0.25, -0.2) is 0 Å². The Labute approximate surface area is 89.3 Å². The van der Waals surface area contributed by atoms with Crippen LogP contribution in [0.4, 0.5) is 0 Å². The average molecular weight is 208 g/mol. The number of benzene rings is 1. The maximum Gasteiger partial charge on any atom is 0.252 e. The van der Waals surface area contributed by atoms with Gasteiger partial charge in [-0.15, -0.1) is 0 Å². The van der Waals surface area contributed by atoms with Crippen molar-refractivity contribution in [2.24, 2.45) is 5.73 Å². The Hall–Kier alpha value is -1.55. The Bertz CT molecular complexity index is 362. The molecule has 1 aromatic carbocycles. The fourth-order valence-corrected chi connectivity index (χ4v) is 1.29. The van der Waals surface area contributed by atoms with Crippen molar-refractivity contribution in [2.75, 3.05) is 20.6 Å². The number of nitrogens with two attached hydrogens (primary N) is 1. The van der Waals surface area contributed by atoms with E-state index >= 15 is 0 Å². The molecule has 0 aromatic heterocycles. The van der Waals surface area contributed by atoms with Gasteiger partial charge in [-0.3, -0.25) is 4.79 Å². The number of phenols is 1. The maximum atomic E-state index is 11.0. The normalized spacial score (nSPS) is 10.6. The summed E-state index contributed by atoms with van der Waals surface area (Å²) < 4.78 is 0. The summed E-state index contributed by atoms with van der Waals surface area (Å²) in [7, 11) is 3.96. The lowest BCUT2D eigenvalue weighted by molar-refractivity contribution is 0.0997. The van der Waals surface area contributed by atoms with Crippen molar-refractivity contribution in [3.8, 4) is 5.75 Å². The lowest BCUT2D eigenvalue weighted by Crippen LogP contribution is -2.16. The summed E-state index contributed by atoms with van der Waals surface area (Å²) in [6, 6.07) is 4.94. The summed E-state index contributed by atoms with van der Waals surface area (Å²) in [5.74, 6) is -0.657. The van der Waals surface area contributed by atoms with Crippen molar-refractivity contribution >= 4 is 5.91 Å². The van der Waals surface area contributed by atoms with Crippen LogP contribution >= 0.6 is 0 Å². The molecule has 0 atom stereocenters. The van der Waals surface area contributed by atoms with E-state index in [0.29, 0.717) is 0 Å². The summed E-state index contributed by atoms with van der Waals surface area (Å²) in [6.45, 7) is 0.892. The van der Waals surface area contributed by atoms with Crippen LogP contribution in [-0.2, 0) is 6.42 Å². The number of hydrogen-bond donors (Lipinski definition) is 2. The molecule has 0 aliphatic carbocycles. The van der Waals surface area contributed by atoms with Gasteiger partial charge in [0.25, 0.3) is 5.91 Å². The topological polar surface area (TPSA) is 66.6 Å². The van der Waals surface area contributed by atoms with Crippen LogP contribution in [0.5, 0.6) is 5.75 Å². The number of primary amides is 1. The highest BCUT2D eigenvalue weighted by Gasteiger charge is 2.08. The quantitative estimate of drug-likeness (QED) is 0.761. The van der Waals surface area contributed by atoms with E-state index < -0.39 is 5.91 Å². The van der Waals surface area contributed by atoms with E-state index in [9.17, 15) is 9.90 Å². The molecule has 82 valence electrons. The molecule has 0 saturated carbocycles. The number of carbonyl (C=O) groups is 1. The molecule has 0 aliphatic rings. The molecule has 4 heteroatoms. The van der Waals surface area contributed by atoms with Crippen molar-refractivity contribution in [2.45, 2.75) is 6.42 Å². The molecule has 0 radical (unpaired) electrons. The summed E-state index contributed by atoms with van der Waals surface area (Å²) >= 11 is 0. The van der Waals surface area contributed by atoms with E-state index in [1.807, 2.05) is 14.1 Å². The zero-order chi connectivity index (χ0) is 11.4. The second-order valence-corrected chi connectivity index (χ2v) is 3.77. The minimum absolute atomic E-state index is 0.0592. The highest BCUT2D eigenvalue weighted by atomic mass is 16.3. The highest BCUT2D eigenvalue weighted by Crippen LogP contribution is 2.18. The first-order chi connectivity index (χ1) is 7.00. The summed E-state index contributed by atoms with van der Waals surface area (Å²) in [5.41, 5.74) is 6.31. The van der Waals surface area contributed by atoms with Crippen LogP contribution in [-0.4, -0.2) is 36.6 Å². The monoisotopic (exact) mass is 208 g/mol. The van der Waals surface area contributed by atoms with Crippen LogP contribution in [0.25, 0.3) is 0 Å².